The first-order chi connectivity index (χ1) is 9.11. The van der Waals surface area contributed by atoms with E-state index in [0.29, 0.717) is 0 Å². The number of likely N-dealkylation sites (N-methyl/N-ethyl adjacent to an activating group) is 1. The first-order valence-electron chi connectivity index (χ1n) is 7.51. The second-order valence-electron chi connectivity index (χ2n) is 6.02. The summed E-state index contributed by atoms with van der Waals surface area (Å²) in [5.41, 5.74) is 2.56. The van der Waals surface area contributed by atoms with Crippen LogP contribution in [0.2, 0.25) is 0 Å². The summed E-state index contributed by atoms with van der Waals surface area (Å²) in [5.74, 6) is 0. The molecule has 2 rings (SSSR count). The highest BCUT2D eigenvalue weighted by Crippen LogP contribution is 2.20. The molecule has 1 aromatic heterocycles. The van der Waals surface area contributed by atoms with Crippen LogP contribution in [0.5, 0.6) is 0 Å². The Morgan fingerprint density at radius 3 is 2.84 bits per heavy atom. The summed E-state index contributed by atoms with van der Waals surface area (Å²) in [5, 5.41) is 3.70. The summed E-state index contributed by atoms with van der Waals surface area (Å²) in [7, 11) is 0. The summed E-state index contributed by atoms with van der Waals surface area (Å²) in [6, 6.07) is 6.29. The molecule has 0 radical (unpaired) electrons. The van der Waals surface area contributed by atoms with Gasteiger partial charge in [0, 0.05) is 24.3 Å². The van der Waals surface area contributed by atoms with E-state index >= 15 is 0 Å². The van der Waals surface area contributed by atoms with Crippen LogP contribution in [0.25, 0.3) is 0 Å². The van der Waals surface area contributed by atoms with Crippen molar-refractivity contribution in [3.63, 3.8) is 0 Å². The highest BCUT2D eigenvalue weighted by atomic mass is 15.2. The molecule has 1 unspecified atom stereocenters. The minimum absolute atomic E-state index is 0.276. The quantitative estimate of drug-likeness (QED) is 0.883. The van der Waals surface area contributed by atoms with Crippen LogP contribution in [0.4, 0.5) is 0 Å². The van der Waals surface area contributed by atoms with Crippen LogP contribution in [-0.4, -0.2) is 35.1 Å². The molecule has 0 saturated carbocycles. The van der Waals surface area contributed by atoms with Crippen LogP contribution in [0, 0.1) is 6.92 Å². The van der Waals surface area contributed by atoms with Crippen LogP contribution in [0.15, 0.2) is 18.2 Å². The zero-order valence-corrected chi connectivity index (χ0v) is 12.6. The molecule has 0 amide bonds. The molecular weight excluding hydrogens is 234 g/mol. The molecule has 2 heterocycles. The van der Waals surface area contributed by atoms with Gasteiger partial charge in [0.15, 0.2) is 0 Å². The number of rotatable bonds is 5. The van der Waals surface area contributed by atoms with Crippen LogP contribution >= 0.6 is 0 Å². The highest BCUT2D eigenvalue weighted by molar-refractivity contribution is 5.10. The minimum Gasteiger partial charge on any atom is -0.310 e. The average molecular weight is 261 g/mol. The number of piperidine rings is 1. The number of hydrogen-bond donors (Lipinski definition) is 1. The molecule has 1 N–H and O–H groups in total. The fourth-order valence-electron chi connectivity index (χ4n) is 2.94. The molecule has 1 aromatic rings. The van der Waals surface area contributed by atoms with Crippen LogP contribution < -0.4 is 5.32 Å². The Morgan fingerprint density at radius 1 is 1.37 bits per heavy atom. The zero-order chi connectivity index (χ0) is 13.7. The standard InChI is InChI=1S/C16H27N3/c1-4-19(12-15-9-7-8-14(2)18-15)13-16(3)10-5-6-11-17-16/h7-9,17H,4-6,10-13H2,1-3H3. The largest absolute Gasteiger partial charge is 0.310 e. The summed E-state index contributed by atoms with van der Waals surface area (Å²) in [6.45, 7) is 11.0. The van der Waals surface area contributed by atoms with E-state index in [2.05, 4.69) is 54.2 Å². The topological polar surface area (TPSA) is 28.2 Å². The third-order valence-corrected chi connectivity index (χ3v) is 4.06. The molecule has 1 aliphatic rings. The molecule has 1 aliphatic heterocycles. The molecule has 0 bridgehead atoms. The lowest BCUT2D eigenvalue weighted by Crippen LogP contribution is -2.53. The molecular formula is C16H27N3. The second-order valence-corrected chi connectivity index (χ2v) is 6.02. The molecule has 1 fully saturated rings. The Balaban J connectivity index is 1.96. The van der Waals surface area contributed by atoms with E-state index in [4.69, 9.17) is 0 Å². The van der Waals surface area contributed by atoms with Crippen molar-refractivity contribution in [2.24, 2.45) is 0 Å². The molecule has 106 valence electrons. The Kier molecular flexibility index (Phi) is 4.94. The van der Waals surface area contributed by atoms with Crippen LogP contribution in [0.3, 0.4) is 0 Å². The molecule has 3 nitrogen and oxygen atoms in total. The summed E-state index contributed by atoms with van der Waals surface area (Å²) >= 11 is 0. The number of nitrogens with zero attached hydrogens (tertiary/aromatic N) is 2. The van der Waals surface area contributed by atoms with Gasteiger partial charge in [-0.25, -0.2) is 0 Å². The van der Waals surface area contributed by atoms with Crippen molar-refractivity contribution in [2.45, 2.75) is 52.1 Å². The fourth-order valence-corrected chi connectivity index (χ4v) is 2.94. The first-order valence-corrected chi connectivity index (χ1v) is 7.51. The second kappa shape index (κ2) is 6.49. The third-order valence-electron chi connectivity index (χ3n) is 4.06. The van der Waals surface area contributed by atoms with E-state index in [1.807, 2.05) is 0 Å². The van der Waals surface area contributed by atoms with Gasteiger partial charge in [-0.1, -0.05) is 19.4 Å². The predicted octanol–water partition coefficient (Wildman–Crippen LogP) is 2.74. The van der Waals surface area contributed by atoms with Crippen molar-refractivity contribution in [3.05, 3.63) is 29.6 Å². The van der Waals surface area contributed by atoms with E-state index in [1.54, 1.807) is 0 Å². The molecule has 0 spiro atoms. The monoisotopic (exact) mass is 261 g/mol. The van der Waals surface area contributed by atoms with E-state index in [0.717, 1.165) is 31.9 Å². The van der Waals surface area contributed by atoms with Crippen molar-refractivity contribution in [1.82, 2.24) is 15.2 Å². The SMILES string of the molecule is CCN(Cc1cccc(C)n1)CC1(C)CCCCN1. The predicted molar refractivity (Wildman–Crippen MR) is 80.2 cm³/mol. The fraction of sp³-hybridized carbons (Fsp3) is 0.688. The number of hydrogen-bond acceptors (Lipinski definition) is 3. The Labute approximate surface area is 117 Å². The molecule has 19 heavy (non-hydrogen) atoms. The lowest BCUT2D eigenvalue weighted by molar-refractivity contribution is 0.162. The van der Waals surface area contributed by atoms with Crippen LogP contribution in [0.1, 0.15) is 44.5 Å². The van der Waals surface area contributed by atoms with Gasteiger partial charge in [0.2, 0.25) is 0 Å². The van der Waals surface area contributed by atoms with Gasteiger partial charge in [-0.3, -0.25) is 9.88 Å². The van der Waals surface area contributed by atoms with Gasteiger partial charge in [-0.05, 0) is 51.9 Å². The van der Waals surface area contributed by atoms with Gasteiger partial charge >= 0.3 is 0 Å². The summed E-state index contributed by atoms with van der Waals surface area (Å²) in [6.07, 6.45) is 3.95. The maximum Gasteiger partial charge on any atom is 0.0547 e. The lowest BCUT2D eigenvalue weighted by atomic mass is 9.90. The van der Waals surface area contributed by atoms with Gasteiger partial charge in [0.25, 0.3) is 0 Å². The van der Waals surface area contributed by atoms with Gasteiger partial charge in [-0.15, -0.1) is 0 Å². The van der Waals surface area contributed by atoms with Gasteiger partial charge in [0.05, 0.1) is 5.69 Å². The van der Waals surface area contributed by atoms with Crippen molar-refractivity contribution in [1.29, 1.82) is 0 Å². The van der Waals surface area contributed by atoms with Gasteiger partial charge in [0.1, 0.15) is 0 Å². The molecule has 0 aromatic carbocycles. The number of nitrogens with one attached hydrogen (secondary N) is 1. The zero-order valence-electron chi connectivity index (χ0n) is 12.6. The van der Waals surface area contributed by atoms with Gasteiger partial charge in [-0.2, -0.15) is 0 Å². The summed E-state index contributed by atoms with van der Waals surface area (Å²) < 4.78 is 0. The maximum absolute atomic E-state index is 4.61. The van der Waals surface area contributed by atoms with Crippen molar-refractivity contribution in [2.75, 3.05) is 19.6 Å². The molecule has 1 atom stereocenters. The molecule has 3 heteroatoms. The maximum atomic E-state index is 4.61. The smallest absolute Gasteiger partial charge is 0.0547 e. The van der Waals surface area contributed by atoms with Crippen LogP contribution in [-0.2, 0) is 6.54 Å². The Bertz CT molecular complexity index is 397. The minimum atomic E-state index is 0.276. The van der Waals surface area contributed by atoms with Crippen molar-refractivity contribution >= 4 is 0 Å². The van der Waals surface area contributed by atoms with E-state index < -0.39 is 0 Å². The number of aryl methyl sites for hydroxylation is 1. The Hall–Kier alpha value is -0.930. The number of pyridine rings is 1. The van der Waals surface area contributed by atoms with E-state index in [9.17, 15) is 0 Å². The van der Waals surface area contributed by atoms with E-state index in [-0.39, 0.29) is 5.54 Å². The lowest BCUT2D eigenvalue weighted by Gasteiger charge is -2.39. The normalized spacial score (nSPS) is 23.8. The molecule has 1 saturated heterocycles. The van der Waals surface area contributed by atoms with Crippen molar-refractivity contribution < 1.29 is 0 Å². The summed E-state index contributed by atoms with van der Waals surface area (Å²) in [4.78, 5) is 7.11. The van der Waals surface area contributed by atoms with E-state index in [1.165, 1.54) is 25.0 Å². The third kappa shape index (κ3) is 4.29. The van der Waals surface area contributed by atoms with Gasteiger partial charge < -0.3 is 5.32 Å². The highest BCUT2D eigenvalue weighted by Gasteiger charge is 2.28. The first kappa shape index (κ1) is 14.5. The number of aromatic nitrogens is 1. The Morgan fingerprint density at radius 2 is 2.21 bits per heavy atom. The molecule has 0 aliphatic carbocycles. The van der Waals surface area contributed by atoms with Crippen molar-refractivity contribution in [3.8, 4) is 0 Å². The average Bonchev–Trinajstić information content (AvgIpc) is 2.38.